The molecule has 0 radical (unpaired) electrons. The van der Waals surface area contributed by atoms with Crippen LogP contribution in [0.2, 0.25) is 5.02 Å². The summed E-state index contributed by atoms with van der Waals surface area (Å²) in [7, 11) is 0. The summed E-state index contributed by atoms with van der Waals surface area (Å²) < 4.78 is 0. The minimum atomic E-state index is -0.567. The van der Waals surface area contributed by atoms with Crippen LogP contribution in [0.3, 0.4) is 0 Å². The van der Waals surface area contributed by atoms with Crippen LogP contribution < -0.4 is 4.90 Å². The Morgan fingerprint density at radius 2 is 2.12 bits per heavy atom. The number of hydrogen-bond donors (Lipinski definition) is 0. The van der Waals surface area contributed by atoms with Gasteiger partial charge in [0, 0.05) is 13.0 Å². The number of carbonyl (C=O) groups is 2. The summed E-state index contributed by atoms with van der Waals surface area (Å²) in [6, 6.07) is 6.98. The first-order valence-electron chi connectivity index (χ1n) is 5.18. The number of ketones is 1. The Labute approximate surface area is 103 Å². The molecule has 0 bridgehead atoms. The maximum atomic E-state index is 11.7. The number of nitrogens with zero attached hydrogens (tertiary/aromatic N) is 2. The van der Waals surface area contributed by atoms with E-state index in [0.717, 1.165) is 0 Å². The van der Waals surface area contributed by atoms with Crippen molar-refractivity contribution in [3.05, 3.63) is 28.8 Å². The molecule has 0 saturated carbocycles. The molecular formula is C12H9ClN2O2. The fourth-order valence-electron chi connectivity index (χ4n) is 1.84. The first kappa shape index (κ1) is 11.6. The Kier molecular flexibility index (Phi) is 3.12. The molecular weight excluding hydrogens is 240 g/mol. The zero-order chi connectivity index (χ0) is 12.4. The van der Waals surface area contributed by atoms with E-state index in [-0.39, 0.29) is 5.56 Å². The molecule has 0 fully saturated rings. The van der Waals surface area contributed by atoms with E-state index in [9.17, 15) is 9.59 Å². The molecule has 0 unspecified atom stereocenters. The van der Waals surface area contributed by atoms with Gasteiger partial charge >= 0.3 is 0 Å². The standard InChI is InChI=1S/C12H9ClN2O2/c13-8-4-3-5-9-10(8)11(16)12(17)15(9)7-2-1-6-14/h3-5H,1-2,7H2. The monoisotopic (exact) mass is 248 g/mol. The maximum absolute atomic E-state index is 11.7. The lowest BCUT2D eigenvalue weighted by Crippen LogP contribution is -2.30. The summed E-state index contributed by atoms with van der Waals surface area (Å²) in [5.41, 5.74) is 0.821. The minimum absolute atomic E-state index is 0.274. The number of amides is 1. The Balaban J connectivity index is 2.32. The summed E-state index contributed by atoms with van der Waals surface area (Å²) in [6.07, 6.45) is 0.898. The molecule has 1 aromatic rings. The molecule has 1 aliphatic heterocycles. The third-order valence-electron chi connectivity index (χ3n) is 2.62. The number of Topliss-reactive ketones (excluding diaryl/α,β-unsaturated/α-hetero) is 1. The average Bonchev–Trinajstić information content (AvgIpc) is 2.55. The number of carbonyl (C=O) groups excluding carboxylic acids is 2. The van der Waals surface area contributed by atoms with Gasteiger partial charge in [-0.3, -0.25) is 9.59 Å². The fourth-order valence-corrected chi connectivity index (χ4v) is 2.09. The van der Waals surface area contributed by atoms with Gasteiger partial charge in [0.25, 0.3) is 11.7 Å². The Bertz CT molecular complexity index is 534. The van der Waals surface area contributed by atoms with Crippen molar-refractivity contribution in [2.75, 3.05) is 11.4 Å². The summed E-state index contributed by atoms with van der Waals surface area (Å²) in [6.45, 7) is 0.367. The van der Waals surface area contributed by atoms with Gasteiger partial charge in [0.15, 0.2) is 0 Å². The molecule has 0 spiro atoms. The first-order chi connectivity index (χ1) is 8.16. The highest BCUT2D eigenvalue weighted by Crippen LogP contribution is 2.34. The number of fused-ring (bicyclic) bond motifs is 1. The Hall–Kier alpha value is -1.86. The van der Waals surface area contributed by atoms with Gasteiger partial charge in [0.2, 0.25) is 0 Å². The van der Waals surface area contributed by atoms with E-state index < -0.39 is 11.7 Å². The lowest BCUT2D eigenvalue weighted by molar-refractivity contribution is -0.114. The van der Waals surface area contributed by atoms with Gasteiger partial charge in [0.1, 0.15) is 0 Å². The summed E-state index contributed by atoms with van der Waals surface area (Å²) in [4.78, 5) is 24.9. The normalized spacial score (nSPS) is 13.8. The van der Waals surface area contributed by atoms with Crippen molar-refractivity contribution < 1.29 is 9.59 Å². The molecule has 1 aliphatic rings. The van der Waals surface area contributed by atoms with E-state index >= 15 is 0 Å². The third-order valence-corrected chi connectivity index (χ3v) is 2.93. The van der Waals surface area contributed by atoms with Gasteiger partial charge in [-0.1, -0.05) is 17.7 Å². The largest absolute Gasteiger partial charge is 0.305 e. The topological polar surface area (TPSA) is 61.2 Å². The summed E-state index contributed by atoms with van der Waals surface area (Å²) in [5, 5.41) is 8.75. The molecule has 1 aromatic carbocycles. The predicted octanol–water partition coefficient (Wildman–Crippen LogP) is 2.17. The molecule has 0 aliphatic carbocycles. The number of anilines is 1. The van der Waals surface area contributed by atoms with Crippen LogP contribution in [-0.4, -0.2) is 18.2 Å². The van der Waals surface area contributed by atoms with E-state index in [1.54, 1.807) is 18.2 Å². The van der Waals surface area contributed by atoms with Crippen molar-refractivity contribution in [3.8, 4) is 6.07 Å². The van der Waals surface area contributed by atoms with E-state index in [0.29, 0.717) is 30.1 Å². The molecule has 5 heteroatoms. The quantitative estimate of drug-likeness (QED) is 0.608. The van der Waals surface area contributed by atoms with Crippen molar-refractivity contribution in [1.29, 1.82) is 5.26 Å². The summed E-state index contributed by atoms with van der Waals surface area (Å²) >= 11 is 5.90. The lowest BCUT2D eigenvalue weighted by atomic mass is 10.1. The van der Waals surface area contributed by atoms with Gasteiger partial charge < -0.3 is 4.90 Å². The smallest absolute Gasteiger partial charge is 0.299 e. The molecule has 0 N–H and O–H groups in total. The van der Waals surface area contributed by atoms with E-state index in [1.165, 1.54) is 4.90 Å². The van der Waals surface area contributed by atoms with E-state index in [4.69, 9.17) is 16.9 Å². The van der Waals surface area contributed by atoms with E-state index in [1.807, 2.05) is 6.07 Å². The van der Waals surface area contributed by atoms with Gasteiger partial charge in [-0.2, -0.15) is 5.26 Å². The lowest BCUT2D eigenvalue weighted by Gasteiger charge is -2.15. The molecule has 17 heavy (non-hydrogen) atoms. The number of hydrogen-bond acceptors (Lipinski definition) is 3. The predicted molar refractivity (Wildman–Crippen MR) is 63.0 cm³/mol. The van der Waals surface area contributed by atoms with Gasteiger partial charge in [-0.15, -0.1) is 0 Å². The van der Waals surface area contributed by atoms with Crippen LogP contribution in [0.25, 0.3) is 0 Å². The van der Waals surface area contributed by atoms with Crippen LogP contribution in [0.4, 0.5) is 5.69 Å². The molecule has 4 nitrogen and oxygen atoms in total. The fraction of sp³-hybridized carbons (Fsp3) is 0.250. The van der Waals surface area contributed by atoms with Crippen molar-refractivity contribution in [3.63, 3.8) is 0 Å². The second-order valence-electron chi connectivity index (χ2n) is 3.68. The molecule has 86 valence electrons. The van der Waals surface area contributed by atoms with Crippen molar-refractivity contribution in [2.45, 2.75) is 12.8 Å². The van der Waals surface area contributed by atoms with Crippen LogP contribution >= 0.6 is 11.6 Å². The number of nitriles is 1. The zero-order valence-electron chi connectivity index (χ0n) is 8.94. The molecule has 0 saturated heterocycles. The van der Waals surface area contributed by atoms with E-state index in [2.05, 4.69) is 0 Å². The third kappa shape index (κ3) is 1.90. The molecule has 0 aromatic heterocycles. The zero-order valence-corrected chi connectivity index (χ0v) is 9.70. The van der Waals surface area contributed by atoms with Crippen molar-refractivity contribution in [2.24, 2.45) is 0 Å². The average molecular weight is 249 g/mol. The second kappa shape index (κ2) is 4.56. The Morgan fingerprint density at radius 3 is 2.82 bits per heavy atom. The first-order valence-corrected chi connectivity index (χ1v) is 5.56. The van der Waals surface area contributed by atoms with Crippen LogP contribution in [-0.2, 0) is 4.79 Å². The van der Waals surface area contributed by atoms with Crippen LogP contribution in [0.15, 0.2) is 18.2 Å². The minimum Gasteiger partial charge on any atom is -0.305 e. The van der Waals surface area contributed by atoms with Gasteiger partial charge in [-0.25, -0.2) is 0 Å². The maximum Gasteiger partial charge on any atom is 0.299 e. The number of rotatable bonds is 3. The summed E-state index contributed by atoms with van der Waals surface area (Å²) in [5.74, 6) is -1.13. The number of benzene rings is 1. The van der Waals surface area contributed by atoms with Crippen LogP contribution in [0.1, 0.15) is 23.2 Å². The van der Waals surface area contributed by atoms with Gasteiger partial charge in [-0.05, 0) is 18.6 Å². The van der Waals surface area contributed by atoms with Gasteiger partial charge in [0.05, 0.1) is 22.3 Å². The number of unbranched alkanes of at least 4 members (excludes halogenated alkanes) is 1. The molecule has 0 atom stereocenters. The highest BCUT2D eigenvalue weighted by Gasteiger charge is 2.36. The van der Waals surface area contributed by atoms with Crippen molar-refractivity contribution >= 4 is 29.0 Å². The second-order valence-corrected chi connectivity index (χ2v) is 4.09. The highest BCUT2D eigenvalue weighted by molar-refractivity contribution is 6.55. The molecule has 1 heterocycles. The molecule has 1 amide bonds. The Morgan fingerprint density at radius 1 is 1.35 bits per heavy atom. The van der Waals surface area contributed by atoms with Crippen LogP contribution in [0.5, 0.6) is 0 Å². The highest BCUT2D eigenvalue weighted by atomic mass is 35.5. The number of halogens is 1. The van der Waals surface area contributed by atoms with Crippen molar-refractivity contribution in [1.82, 2.24) is 0 Å². The SMILES string of the molecule is N#CCCCN1C(=O)C(=O)c2c(Cl)cccc21. The molecule has 2 rings (SSSR count). The van der Waals surface area contributed by atoms with Crippen LogP contribution in [0, 0.1) is 11.3 Å².